The Morgan fingerprint density at radius 3 is 2.50 bits per heavy atom. The number of nitrogens with zero attached hydrogens (tertiary/aromatic N) is 2. The quantitative estimate of drug-likeness (QED) is 0.708. The molecular weight excluding hydrogens is 312 g/mol. The molecule has 1 unspecified atom stereocenters. The molecule has 7 heteroatoms. The Labute approximate surface area is 123 Å². The van der Waals surface area contributed by atoms with Crippen molar-refractivity contribution in [1.82, 2.24) is 9.55 Å². The summed E-state index contributed by atoms with van der Waals surface area (Å²) in [7, 11) is 0. The molecule has 2 nitrogen and oxygen atoms in total. The van der Waals surface area contributed by atoms with Crippen LogP contribution in [-0.2, 0) is 5.54 Å². The number of rotatable bonds is 2. The molecule has 0 amide bonds. The topological polar surface area (TPSA) is 17.8 Å². The summed E-state index contributed by atoms with van der Waals surface area (Å²) in [5.74, 6) is 0.235. The molecule has 0 aliphatic heterocycles. The minimum atomic E-state index is -4.32. The van der Waals surface area contributed by atoms with Crippen LogP contribution in [0, 0.1) is 0 Å². The summed E-state index contributed by atoms with van der Waals surface area (Å²) < 4.78 is 41.4. The number of benzene rings is 1. The van der Waals surface area contributed by atoms with E-state index < -0.39 is 17.1 Å². The van der Waals surface area contributed by atoms with Crippen LogP contribution in [0.3, 0.4) is 0 Å². The molecule has 20 heavy (non-hydrogen) atoms. The average molecular weight is 323 g/mol. The maximum atomic E-state index is 13.4. The first-order chi connectivity index (χ1) is 9.26. The van der Waals surface area contributed by atoms with E-state index in [9.17, 15) is 13.2 Å². The summed E-state index contributed by atoms with van der Waals surface area (Å²) >= 11 is 11.9. The maximum absolute atomic E-state index is 13.4. The third-order valence-corrected chi connectivity index (χ3v) is 4.11. The van der Waals surface area contributed by atoms with E-state index in [0.29, 0.717) is 16.1 Å². The first-order valence-electron chi connectivity index (χ1n) is 6.15. The highest BCUT2D eigenvalue weighted by molar-refractivity contribution is 6.31. The highest BCUT2D eigenvalue weighted by atomic mass is 35.5. The van der Waals surface area contributed by atoms with Crippen LogP contribution in [0.2, 0.25) is 5.02 Å². The lowest BCUT2D eigenvalue weighted by atomic mass is 10.2. The molecule has 1 atom stereocenters. The standard InChI is InChI=1S/C13H11Cl2F3N2/c1-7(14)11-19-9-6-8(15)2-3-10(9)20(11)12(4-5-12)13(16,17)18/h2-3,6-7H,4-5H2,1H3. The molecule has 1 heterocycles. The summed E-state index contributed by atoms with van der Waals surface area (Å²) in [4.78, 5) is 4.24. The summed E-state index contributed by atoms with van der Waals surface area (Å²) in [6.07, 6.45) is -4.21. The van der Waals surface area contributed by atoms with Gasteiger partial charge in [0.25, 0.3) is 0 Å². The second-order valence-corrected chi connectivity index (χ2v) is 6.17. The Kier molecular flexibility index (Phi) is 3.00. The molecule has 0 radical (unpaired) electrons. The van der Waals surface area contributed by atoms with Crippen LogP contribution in [-0.4, -0.2) is 15.7 Å². The van der Waals surface area contributed by atoms with Gasteiger partial charge in [-0.2, -0.15) is 13.2 Å². The van der Waals surface area contributed by atoms with Gasteiger partial charge in [-0.15, -0.1) is 11.6 Å². The first-order valence-corrected chi connectivity index (χ1v) is 6.97. The monoisotopic (exact) mass is 322 g/mol. The van der Waals surface area contributed by atoms with E-state index in [4.69, 9.17) is 23.2 Å². The van der Waals surface area contributed by atoms with E-state index in [1.54, 1.807) is 25.1 Å². The van der Waals surface area contributed by atoms with Gasteiger partial charge in [-0.05, 0) is 38.0 Å². The van der Waals surface area contributed by atoms with Crippen LogP contribution in [0.4, 0.5) is 13.2 Å². The smallest absolute Gasteiger partial charge is 0.311 e. The lowest BCUT2D eigenvalue weighted by Crippen LogP contribution is -2.36. The Hall–Kier alpha value is -0.940. The minimum absolute atomic E-state index is 0.0567. The van der Waals surface area contributed by atoms with Crippen LogP contribution in [0.1, 0.15) is 31.0 Å². The highest BCUT2D eigenvalue weighted by Gasteiger charge is 2.66. The van der Waals surface area contributed by atoms with Crippen LogP contribution in [0.25, 0.3) is 11.0 Å². The molecule has 1 saturated carbocycles. The van der Waals surface area contributed by atoms with Crippen LogP contribution >= 0.6 is 23.2 Å². The molecule has 0 saturated heterocycles. The van der Waals surface area contributed by atoms with Gasteiger partial charge in [0.15, 0.2) is 0 Å². The molecule has 1 aromatic heterocycles. The molecule has 0 bridgehead atoms. The van der Waals surface area contributed by atoms with Crippen molar-refractivity contribution in [3.8, 4) is 0 Å². The fraction of sp³-hybridized carbons (Fsp3) is 0.462. The van der Waals surface area contributed by atoms with E-state index >= 15 is 0 Å². The lowest BCUT2D eigenvalue weighted by molar-refractivity contribution is -0.179. The Bertz CT molecular complexity index is 672. The number of hydrogen-bond acceptors (Lipinski definition) is 1. The van der Waals surface area contributed by atoms with Crippen LogP contribution < -0.4 is 0 Å². The summed E-state index contributed by atoms with van der Waals surface area (Å²) in [6, 6.07) is 4.69. The largest absolute Gasteiger partial charge is 0.412 e. The van der Waals surface area contributed by atoms with Crippen molar-refractivity contribution in [2.24, 2.45) is 0 Å². The van der Waals surface area contributed by atoms with Crippen molar-refractivity contribution >= 4 is 34.2 Å². The number of fused-ring (bicyclic) bond motifs is 1. The zero-order valence-corrected chi connectivity index (χ0v) is 12.0. The van der Waals surface area contributed by atoms with E-state index in [0.717, 1.165) is 0 Å². The normalized spacial score (nSPS) is 19.3. The molecule has 0 spiro atoms. The predicted octanol–water partition coefficient (Wildman–Crippen LogP) is 5.04. The zero-order valence-electron chi connectivity index (χ0n) is 10.5. The van der Waals surface area contributed by atoms with Gasteiger partial charge in [0.2, 0.25) is 0 Å². The van der Waals surface area contributed by atoms with Gasteiger partial charge in [0, 0.05) is 5.02 Å². The zero-order chi connectivity index (χ0) is 14.7. The van der Waals surface area contributed by atoms with Gasteiger partial charge < -0.3 is 4.57 Å². The van der Waals surface area contributed by atoms with Crippen molar-refractivity contribution in [3.63, 3.8) is 0 Å². The van der Waals surface area contributed by atoms with Gasteiger partial charge in [-0.25, -0.2) is 4.98 Å². The van der Waals surface area contributed by atoms with Crippen molar-refractivity contribution in [2.75, 3.05) is 0 Å². The van der Waals surface area contributed by atoms with E-state index in [-0.39, 0.29) is 18.7 Å². The van der Waals surface area contributed by atoms with E-state index in [1.165, 1.54) is 4.57 Å². The van der Waals surface area contributed by atoms with Gasteiger partial charge in [0.05, 0.1) is 16.4 Å². The molecule has 1 aliphatic rings. The van der Waals surface area contributed by atoms with E-state index in [1.807, 2.05) is 0 Å². The third-order valence-electron chi connectivity index (χ3n) is 3.68. The number of hydrogen-bond donors (Lipinski definition) is 0. The maximum Gasteiger partial charge on any atom is 0.412 e. The molecule has 2 aromatic rings. The first kappa shape index (κ1) is 14.0. The molecule has 3 rings (SSSR count). The predicted molar refractivity (Wildman–Crippen MR) is 72.3 cm³/mol. The summed E-state index contributed by atoms with van der Waals surface area (Å²) in [5.41, 5.74) is -1.00. The second-order valence-electron chi connectivity index (χ2n) is 5.08. The lowest BCUT2D eigenvalue weighted by Gasteiger charge is -2.24. The van der Waals surface area contributed by atoms with Gasteiger partial charge in [0.1, 0.15) is 11.4 Å². The Morgan fingerprint density at radius 2 is 2.00 bits per heavy atom. The molecule has 1 aromatic carbocycles. The van der Waals surface area contributed by atoms with Crippen molar-refractivity contribution in [2.45, 2.75) is 36.9 Å². The summed E-state index contributed by atoms with van der Waals surface area (Å²) in [5, 5.41) is -0.172. The minimum Gasteiger partial charge on any atom is -0.311 e. The number of halogens is 5. The van der Waals surface area contributed by atoms with Gasteiger partial charge in [-0.3, -0.25) is 0 Å². The highest BCUT2D eigenvalue weighted by Crippen LogP contribution is 2.57. The fourth-order valence-corrected chi connectivity index (χ4v) is 2.85. The van der Waals surface area contributed by atoms with Crippen molar-refractivity contribution in [3.05, 3.63) is 29.0 Å². The van der Waals surface area contributed by atoms with E-state index in [2.05, 4.69) is 4.98 Å². The number of alkyl halides is 4. The second kappa shape index (κ2) is 4.28. The fourth-order valence-electron chi connectivity index (χ4n) is 2.54. The molecule has 0 N–H and O–H groups in total. The van der Waals surface area contributed by atoms with Crippen molar-refractivity contribution in [1.29, 1.82) is 0 Å². The number of imidazole rings is 1. The molecule has 1 fully saturated rings. The van der Waals surface area contributed by atoms with Crippen LogP contribution in [0.5, 0.6) is 0 Å². The SMILES string of the molecule is CC(Cl)c1nc2cc(Cl)ccc2n1C1(C(F)(F)F)CC1. The average Bonchev–Trinajstić information content (AvgIpc) is 3.05. The Balaban J connectivity index is 2.31. The van der Waals surface area contributed by atoms with Gasteiger partial charge in [-0.1, -0.05) is 11.6 Å². The molecule has 1 aliphatic carbocycles. The van der Waals surface area contributed by atoms with Gasteiger partial charge >= 0.3 is 6.18 Å². The third kappa shape index (κ3) is 1.91. The summed E-state index contributed by atoms with van der Waals surface area (Å²) in [6.45, 7) is 1.62. The van der Waals surface area contributed by atoms with Crippen molar-refractivity contribution < 1.29 is 13.2 Å². The Morgan fingerprint density at radius 1 is 1.35 bits per heavy atom. The van der Waals surface area contributed by atoms with Crippen LogP contribution in [0.15, 0.2) is 18.2 Å². The number of aromatic nitrogens is 2. The molecular formula is C13H11Cl2F3N2. The molecule has 108 valence electrons.